The summed E-state index contributed by atoms with van der Waals surface area (Å²) in [5.74, 6) is 2.33. The minimum Gasteiger partial charge on any atom is -0.480 e. The maximum absolute atomic E-state index is 12.7. The zero-order chi connectivity index (χ0) is 15.6. The maximum atomic E-state index is 12.7. The van der Waals surface area contributed by atoms with E-state index in [1.807, 2.05) is 0 Å². The molecule has 5 heteroatoms. The van der Waals surface area contributed by atoms with Gasteiger partial charge in [0, 0.05) is 5.92 Å². The summed E-state index contributed by atoms with van der Waals surface area (Å²) in [5.41, 5.74) is -1.01. The first kappa shape index (κ1) is 16.2. The highest BCUT2D eigenvalue weighted by Crippen LogP contribution is 2.43. The molecule has 1 aliphatic heterocycles. The molecule has 0 spiro atoms. The van der Waals surface area contributed by atoms with Gasteiger partial charge in [0.1, 0.15) is 5.54 Å². The quantitative estimate of drug-likeness (QED) is 0.837. The Hall–Kier alpha value is -0.710. The molecule has 0 radical (unpaired) electrons. The molecule has 3 unspecified atom stereocenters. The van der Waals surface area contributed by atoms with Crippen LogP contribution in [0.25, 0.3) is 0 Å². The van der Waals surface area contributed by atoms with Crippen LogP contribution in [0.1, 0.15) is 57.8 Å². The second-order valence-electron chi connectivity index (χ2n) is 7.30. The lowest BCUT2D eigenvalue weighted by Crippen LogP contribution is -2.58. The lowest BCUT2D eigenvalue weighted by Gasteiger charge is -2.40. The van der Waals surface area contributed by atoms with Crippen LogP contribution in [0.15, 0.2) is 0 Å². The van der Waals surface area contributed by atoms with E-state index < -0.39 is 11.5 Å². The second kappa shape index (κ2) is 6.81. The van der Waals surface area contributed by atoms with Crippen molar-refractivity contribution in [1.82, 2.24) is 5.32 Å². The first-order valence-electron chi connectivity index (χ1n) is 8.74. The molecule has 124 valence electrons. The predicted octanol–water partition coefficient (Wildman–Crippen LogP) is 3.06. The van der Waals surface area contributed by atoms with Crippen molar-refractivity contribution in [2.75, 3.05) is 11.5 Å². The normalized spacial score (nSPS) is 34.5. The van der Waals surface area contributed by atoms with E-state index in [1.165, 1.54) is 25.7 Å². The van der Waals surface area contributed by atoms with Crippen LogP contribution < -0.4 is 5.32 Å². The van der Waals surface area contributed by atoms with E-state index in [1.54, 1.807) is 11.8 Å². The Kier molecular flexibility index (Phi) is 5.00. The van der Waals surface area contributed by atoms with Gasteiger partial charge < -0.3 is 10.4 Å². The summed E-state index contributed by atoms with van der Waals surface area (Å²) in [6.45, 7) is 0. The molecular formula is C17H27NO3S. The molecule has 2 N–H and O–H groups in total. The summed E-state index contributed by atoms with van der Waals surface area (Å²) in [4.78, 5) is 24.4. The largest absolute Gasteiger partial charge is 0.480 e. The van der Waals surface area contributed by atoms with Gasteiger partial charge >= 0.3 is 5.97 Å². The molecule has 0 aromatic heterocycles. The summed E-state index contributed by atoms with van der Waals surface area (Å²) in [7, 11) is 0. The van der Waals surface area contributed by atoms with Crippen molar-refractivity contribution in [3.63, 3.8) is 0 Å². The molecule has 3 atom stereocenters. The molecule has 3 rings (SSSR count). The zero-order valence-electron chi connectivity index (χ0n) is 13.2. The molecule has 4 nitrogen and oxygen atoms in total. The number of rotatable bonds is 3. The first-order chi connectivity index (χ1) is 10.6. The summed E-state index contributed by atoms with van der Waals surface area (Å²) in [6, 6.07) is 0. The molecule has 3 fully saturated rings. The lowest BCUT2D eigenvalue weighted by atomic mass is 9.67. The number of amides is 1. The van der Waals surface area contributed by atoms with Crippen LogP contribution >= 0.6 is 11.8 Å². The Morgan fingerprint density at radius 2 is 1.68 bits per heavy atom. The van der Waals surface area contributed by atoms with Gasteiger partial charge in [0.05, 0.1) is 0 Å². The van der Waals surface area contributed by atoms with E-state index in [-0.39, 0.29) is 11.8 Å². The van der Waals surface area contributed by atoms with E-state index in [0.29, 0.717) is 18.8 Å². The molecule has 0 aromatic carbocycles. The molecule has 0 bridgehead atoms. The lowest BCUT2D eigenvalue weighted by molar-refractivity contribution is -0.149. The molecule has 3 aliphatic rings. The average Bonchev–Trinajstić information content (AvgIpc) is 2.55. The number of carbonyl (C=O) groups is 2. The monoisotopic (exact) mass is 325 g/mol. The third-order valence-electron chi connectivity index (χ3n) is 6.03. The molecule has 2 saturated carbocycles. The topological polar surface area (TPSA) is 66.4 Å². The van der Waals surface area contributed by atoms with E-state index >= 15 is 0 Å². The fourth-order valence-electron chi connectivity index (χ4n) is 4.56. The van der Waals surface area contributed by atoms with Crippen LogP contribution in [-0.2, 0) is 9.59 Å². The molecular weight excluding hydrogens is 298 g/mol. The standard InChI is InChI=1S/C17H27NO3S/c19-15(18-17(16(20)21)7-9-22-10-8-17)14-6-5-12-3-1-2-4-13(12)11-14/h12-14H,1-11H2,(H,18,19)(H,20,21). The number of aliphatic carboxylic acids is 1. The molecule has 1 amide bonds. The molecule has 0 aromatic rings. The number of fused-ring (bicyclic) bond motifs is 1. The van der Waals surface area contributed by atoms with E-state index in [0.717, 1.165) is 36.7 Å². The third kappa shape index (κ3) is 3.29. The Balaban J connectivity index is 1.62. The molecule has 1 heterocycles. The van der Waals surface area contributed by atoms with Crippen LogP contribution in [-0.4, -0.2) is 34.0 Å². The summed E-state index contributed by atoms with van der Waals surface area (Å²) < 4.78 is 0. The average molecular weight is 325 g/mol. The van der Waals surface area contributed by atoms with Gasteiger partial charge in [-0.3, -0.25) is 4.79 Å². The smallest absolute Gasteiger partial charge is 0.329 e. The number of carboxylic acids is 1. The van der Waals surface area contributed by atoms with Gasteiger partial charge in [-0.05, 0) is 55.4 Å². The molecule has 22 heavy (non-hydrogen) atoms. The first-order valence-corrected chi connectivity index (χ1v) is 9.89. The van der Waals surface area contributed by atoms with Crippen molar-refractivity contribution >= 4 is 23.6 Å². The van der Waals surface area contributed by atoms with Crippen molar-refractivity contribution < 1.29 is 14.7 Å². The Labute approximate surface area is 136 Å². The van der Waals surface area contributed by atoms with E-state index in [9.17, 15) is 14.7 Å². The van der Waals surface area contributed by atoms with Gasteiger partial charge in [-0.2, -0.15) is 11.8 Å². The fourth-order valence-corrected chi connectivity index (χ4v) is 5.75. The van der Waals surface area contributed by atoms with Crippen molar-refractivity contribution in [3.8, 4) is 0 Å². The van der Waals surface area contributed by atoms with Gasteiger partial charge in [0.25, 0.3) is 0 Å². The Bertz CT molecular complexity index is 434. The van der Waals surface area contributed by atoms with Crippen molar-refractivity contribution in [2.45, 2.75) is 63.3 Å². The third-order valence-corrected chi connectivity index (χ3v) is 7.01. The van der Waals surface area contributed by atoms with Crippen LogP contribution in [0.5, 0.6) is 0 Å². The number of carboxylic acid groups (broad SMARTS) is 1. The van der Waals surface area contributed by atoms with Crippen LogP contribution in [0.2, 0.25) is 0 Å². The van der Waals surface area contributed by atoms with Crippen LogP contribution in [0, 0.1) is 17.8 Å². The molecule has 2 aliphatic carbocycles. The second-order valence-corrected chi connectivity index (χ2v) is 8.53. The highest BCUT2D eigenvalue weighted by molar-refractivity contribution is 7.99. The highest BCUT2D eigenvalue weighted by atomic mass is 32.2. The maximum Gasteiger partial charge on any atom is 0.329 e. The van der Waals surface area contributed by atoms with Gasteiger partial charge in [0.2, 0.25) is 5.91 Å². The summed E-state index contributed by atoms with van der Waals surface area (Å²) >= 11 is 1.78. The SMILES string of the molecule is O=C(NC1(C(=O)O)CCSCC1)C1CCC2CCCCC2C1. The number of carbonyl (C=O) groups excluding carboxylic acids is 1. The Morgan fingerprint density at radius 1 is 1.00 bits per heavy atom. The number of thioether (sulfide) groups is 1. The van der Waals surface area contributed by atoms with Gasteiger partial charge in [-0.1, -0.05) is 25.7 Å². The van der Waals surface area contributed by atoms with E-state index in [2.05, 4.69) is 5.32 Å². The minimum atomic E-state index is -1.01. The minimum absolute atomic E-state index is 0.00155. The summed E-state index contributed by atoms with van der Waals surface area (Å²) in [5, 5.41) is 12.5. The van der Waals surface area contributed by atoms with Crippen molar-refractivity contribution in [3.05, 3.63) is 0 Å². The fraction of sp³-hybridized carbons (Fsp3) is 0.882. The van der Waals surface area contributed by atoms with Crippen molar-refractivity contribution in [1.29, 1.82) is 0 Å². The van der Waals surface area contributed by atoms with Gasteiger partial charge in [-0.15, -0.1) is 0 Å². The number of hydrogen-bond donors (Lipinski definition) is 2. The number of hydrogen-bond acceptors (Lipinski definition) is 3. The molecule has 1 saturated heterocycles. The zero-order valence-corrected chi connectivity index (χ0v) is 14.0. The highest BCUT2D eigenvalue weighted by Gasteiger charge is 2.43. The van der Waals surface area contributed by atoms with Gasteiger partial charge in [0.15, 0.2) is 0 Å². The number of nitrogens with one attached hydrogen (secondary N) is 1. The van der Waals surface area contributed by atoms with Crippen LogP contribution in [0.4, 0.5) is 0 Å². The van der Waals surface area contributed by atoms with Crippen LogP contribution in [0.3, 0.4) is 0 Å². The van der Waals surface area contributed by atoms with Gasteiger partial charge in [-0.25, -0.2) is 4.79 Å². The van der Waals surface area contributed by atoms with E-state index in [4.69, 9.17) is 0 Å². The Morgan fingerprint density at radius 3 is 2.36 bits per heavy atom. The predicted molar refractivity (Wildman–Crippen MR) is 87.9 cm³/mol. The van der Waals surface area contributed by atoms with Crippen molar-refractivity contribution in [2.24, 2.45) is 17.8 Å². The summed E-state index contributed by atoms with van der Waals surface area (Å²) in [6.07, 6.45) is 9.40.